The zero-order chi connectivity index (χ0) is 12.1. The lowest BCUT2D eigenvalue weighted by Crippen LogP contribution is -2.15. The van der Waals surface area contributed by atoms with Crippen LogP contribution in [0.3, 0.4) is 0 Å². The number of rotatable bonds is 4. The smallest absolute Gasteiger partial charge is 0.0643 e. The van der Waals surface area contributed by atoms with Crippen molar-refractivity contribution in [2.75, 3.05) is 24.3 Å². The molecule has 0 amide bonds. The average molecular weight is 217 g/mol. The summed E-state index contributed by atoms with van der Waals surface area (Å²) in [5.41, 5.74) is 3.52. The van der Waals surface area contributed by atoms with E-state index in [9.17, 15) is 0 Å². The molecule has 0 aromatic heterocycles. The summed E-state index contributed by atoms with van der Waals surface area (Å²) >= 11 is 0. The van der Waals surface area contributed by atoms with E-state index in [0.29, 0.717) is 6.42 Å². The second kappa shape index (κ2) is 5.41. The second-order valence-corrected chi connectivity index (χ2v) is 4.30. The molecule has 0 spiro atoms. The lowest BCUT2D eigenvalue weighted by molar-refractivity contribution is 0.821. The van der Waals surface area contributed by atoms with Crippen LogP contribution in [0.5, 0.6) is 0 Å². The van der Waals surface area contributed by atoms with E-state index in [1.807, 2.05) is 21.0 Å². The minimum Gasteiger partial charge on any atom is -0.381 e. The van der Waals surface area contributed by atoms with E-state index in [1.54, 1.807) is 0 Å². The van der Waals surface area contributed by atoms with Crippen molar-refractivity contribution in [3.05, 3.63) is 23.8 Å². The Bertz CT molecular complexity index is 391. The van der Waals surface area contributed by atoms with Crippen molar-refractivity contribution in [3.8, 4) is 6.07 Å². The summed E-state index contributed by atoms with van der Waals surface area (Å²) in [6, 6.07) is 8.61. The Kier molecular flexibility index (Phi) is 4.19. The minimum absolute atomic E-state index is 0.183. The van der Waals surface area contributed by atoms with Gasteiger partial charge in [0.25, 0.3) is 0 Å². The van der Waals surface area contributed by atoms with Gasteiger partial charge >= 0.3 is 0 Å². The summed E-state index contributed by atoms with van der Waals surface area (Å²) in [4.78, 5) is 2.09. The largest absolute Gasteiger partial charge is 0.381 e. The maximum atomic E-state index is 8.60. The third-order valence-electron chi connectivity index (χ3n) is 2.50. The molecule has 1 aromatic rings. The number of nitrogens with one attached hydrogen (secondary N) is 1. The molecule has 16 heavy (non-hydrogen) atoms. The predicted molar refractivity (Wildman–Crippen MR) is 68.8 cm³/mol. The monoisotopic (exact) mass is 217 g/mol. The Labute approximate surface area is 97.7 Å². The molecule has 3 heteroatoms. The van der Waals surface area contributed by atoms with Crippen molar-refractivity contribution < 1.29 is 0 Å². The molecule has 0 bridgehead atoms. The zero-order valence-electron chi connectivity index (χ0n) is 10.4. The highest BCUT2D eigenvalue weighted by atomic mass is 15.1. The van der Waals surface area contributed by atoms with Crippen LogP contribution in [0.25, 0.3) is 0 Å². The van der Waals surface area contributed by atoms with Crippen molar-refractivity contribution >= 4 is 11.4 Å². The van der Waals surface area contributed by atoms with Crippen molar-refractivity contribution in [2.24, 2.45) is 0 Å². The van der Waals surface area contributed by atoms with Gasteiger partial charge in [0.15, 0.2) is 0 Å². The van der Waals surface area contributed by atoms with E-state index in [4.69, 9.17) is 5.26 Å². The number of anilines is 2. The van der Waals surface area contributed by atoms with Gasteiger partial charge in [0.2, 0.25) is 0 Å². The Morgan fingerprint density at radius 2 is 2.12 bits per heavy atom. The van der Waals surface area contributed by atoms with Crippen LogP contribution in [0.1, 0.15) is 18.9 Å². The fraction of sp³-hybridized carbons (Fsp3) is 0.462. The summed E-state index contributed by atoms with van der Waals surface area (Å²) in [5, 5.41) is 11.9. The van der Waals surface area contributed by atoms with Gasteiger partial charge in [-0.05, 0) is 31.5 Å². The SMILES string of the molecule is Cc1ccc(NC(C)CC#N)cc1N(C)C. The number of nitrogens with zero attached hydrogens (tertiary/aromatic N) is 2. The molecule has 0 aliphatic rings. The molecule has 0 radical (unpaired) electrons. The first-order chi connectivity index (χ1) is 7.54. The predicted octanol–water partition coefficient (Wildman–Crippen LogP) is 2.78. The summed E-state index contributed by atoms with van der Waals surface area (Å²) in [5.74, 6) is 0. The van der Waals surface area contributed by atoms with E-state index >= 15 is 0 Å². The van der Waals surface area contributed by atoms with Crippen molar-refractivity contribution in [1.82, 2.24) is 0 Å². The lowest BCUT2D eigenvalue weighted by atomic mass is 10.1. The number of nitriles is 1. The quantitative estimate of drug-likeness (QED) is 0.843. The van der Waals surface area contributed by atoms with Gasteiger partial charge in [-0.2, -0.15) is 5.26 Å². The van der Waals surface area contributed by atoms with Gasteiger partial charge in [-0.25, -0.2) is 0 Å². The molecule has 0 saturated heterocycles. The first-order valence-electron chi connectivity index (χ1n) is 5.46. The molecule has 1 aromatic carbocycles. The van der Waals surface area contributed by atoms with E-state index in [0.717, 1.165) is 5.69 Å². The molecule has 1 unspecified atom stereocenters. The molecule has 0 fully saturated rings. The van der Waals surface area contributed by atoms with Gasteiger partial charge in [-0.15, -0.1) is 0 Å². The molecule has 0 aliphatic heterocycles. The lowest BCUT2D eigenvalue weighted by Gasteiger charge is -2.19. The minimum atomic E-state index is 0.183. The highest BCUT2D eigenvalue weighted by molar-refractivity contribution is 5.62. The van der Waals surface area contributed by atoms with Crippen molar-refractivity contribution in [1.29, 1.82) is 5.26 Å². The third-order valence-corrected chi connectivity index (χ3v) is 2.50. The molecule has 1 atom stereocenters. The summed E-state index contributed by atoms with van der Waals surface area (Å²) in [6.07, 6.45) is 0.519. The van der Waals surface area contributed by atoms with Crippen molar-refractivity contribution in [3.63, 3.8) is 0 Å². The number of hydrogen-bond donors (Lipinski definition) is 1. The maximum Gasteiger partial charge on any atom is 0.0643 e. The molecule has 0 heterocycles. The first-order valence-corrected chi connectivity index (χ1v) is 5.46. The molecule has 0 saturated carbocycles. The van der Waals surface area contributed by atoms with E-state index in [1.165, 1.54) is 11.3 Å². The van der Waals surface area contributed by atoms with Gasteiger partial charge < -0.3 is 10.2 Å². The first kappa shape index (κ1) is 12.4. The number of hydrogen-bond acceptors (Lipinski definition) is 3. The fourth-order valence-electron chi connectivity index (χ4n) is 1.65. The maximum absolute atomic E-state index is 8.60. The Balaban J connectivity index is 2.83. The Hall–Kier alpha value is -1.69. The highest BCUT2D eigenvalue weighted by Crippen LogP contribution is 2.23. The third kappa shape index (κ3) is 3.16. The van der Waals surface area contributed by atoms with Gasteiger partial charge in [-0.1, -0.05) is 6.07 Å². The van der Waals surface area contributed by atoms with Crippen LogP contribution in [0, 0.1) is 18.3 Å². The van der Waals surface area contributed by atoms with Gasteiger partial charge in [0, 0.05) is 31.5 Å². The van der Waals surface area contributed by atoms with Crippen LogP contribution in [0.2, 0.25) is 0 Å². The summed E-state index contributed by atoms with van der Waals surface area (Å²) in [6.45, 7) is 4.11. The van der Waals surface area contributed by atoms with Gasteiger partial charge in [0.1, 0.15) is 0 Å². The van der Waals surface area contributed by atoms with Gasteiger partial charge in [0.05, 0.1) is 12.5 Å². The molecular formula is C13H19N3. The van der Waals surface area contributed by atoms with Crippen LogP contribution >= 0.6 is 0 Å². The summed E-state index contributed by atoms with van der Waals surface area (Å²) < 4.78 is 0. The molecule has 1 N–H and O–H groups in total. The van der Waals surface area contributed by atoms with Crippen molar-refractivity contribution in [2.45, 2.75) is 26.3 Å². The van der Waals surface area contributed by atoms with Crippen LogP contribution < -0.4 is 10.2 Å². The topological polar surface area (TPSA) is 39.1 Å². The Morgan fingerprint density at radius 1 is 1.44 bits per heavy atom. The number of aryl methyl sites for hydroxylation is 1. The normalized spacial score (nSPS) is 11.7. The molecule has 3 nitrogen and oxygen atoms in total. The van der Waals surface area contributed by atoms with Crippen LogP contribution in [-0.4, -0.2) is 20.1 Å². The second-order valence-electron chi connectivity index (χ2n) is 4.30. The standard InChI is InChI=1S/C13H19N3/c1-10-5-6-12(9-13(10)16(3)4)15-11(2)7-8-14/h5-6,9,11,15H,7H2,1-4H3. The van der Waals surface area contributed by atoms with E-state index < -0.39 is 0 Å². The molecular weight excluding hydrogens is 198 g/mol. The molecule has 0 aliphatic carbocycles. The fourth-order valence-corrected chi connectivity index (χ4v) is 1.65. The molecule has 86 valence electrons. The van der Waals surface area contributed by atoms with Crippen LogP contribution in [-0.2, 0) is 0 Å². The molecule has 1 rings (SSSR count). The highest BCUT2D eigenvalue weighted by Gasteiger charge is 2.05. The van der Waals surface area contributed by atoms with E-state index in [-0.39, 0.29) is 6.04 Å². The zero-order valence-corrected chi connectivity index (χ0v) is 10.4. The summed E-state index contributed by atoms with van der Waals surface area (Å²) in [7, 11) is 4.07. The van der Waals surface area contributed by atoms with Gasteiger partial charge in [-0.3, -0.25) is 0 Å². The average Bonchev–Trinajstić information content (AvgIpc) is 2.21. The van der Waals surface area contributed by atoms with Crippen LogP contribution in [0.4, 0.5) is 11.4 Å². The Morgan fingerprint density at radius 3 is 2.69 bits per heavy atom. The number of benzene rings is 1. The van der Waals surface area contributed by atoms with E-state index in [2.05, 4.69) is 41.4 Å². The van der Waals surface area contributed by atoms with Crippen LogP contribution in [0.15, 0.2) is 18.2 Å².